The van der Waals surface area contributed by atoms with E-state index < -0.39 is 36.6 Å². The number of halogens is 2. The van der Waals surface area contributed by atoms with Crippen LogP contribution in [0.3, 0.4) is 0 Å². The largest absolute Gasteiger partial charge is 0.492 e. The molecule has 3 aromatic carbocycles. The van der Waals surface area contributed by atoms with Crippen LogP contribution in [0.2, 0.25) is 0 Å². The van der Waals surface area contributed by atoms with Crippen molar-refractivity contribution in [2.75, 3.05) is 79.6 Å². The Morgan fingerprint density at radius 1 is 0.917 bits per heavy atom. The van der Waals surface area contributed by atoms with Crippen LogP contribution in [0.25, 0.3) is 22.0 Å². The van der Waals surface area contributed by atoms with Crippen LogP contribution in [-0.2, 0) is 31.8 Å². The van der Waals surface area contributed by atoms with Gasteiger partial charge in [-0.15, -0.1) is 0 Å². The molecule has 18 nitrogen and oxygen atoms in total. The van der Waals surface area contributed by atoms with E-state index in [1.54, 1.807) is 19.5 Å². The Morgan fingerprint density at radius 3 is 2.44 bits per heavy atom. The van der Waals surface area contributed by atoms with E-state index >= 15 is 4.39 Å². The number of aromatic nitrogens is 4. The minimum absolute atomic E-state index is 0.0490. The molecule has 3 saturated heterocycles. The van der Waals surface area contributed by atoms with Crippen molar-refractivity contribution in [2.45, 2.75) is 77.8 Å². The van der Waals surface area contributed by atoms with Crippen LogP contribution in [0.5, 0.6) is 5.75 Å². The smallest absolute Gasteiger partial charge is 0.420 e. The van der Waals surface area contributed by atoms with E-state index in [4.69, 9.17) is 19.1 Å². The van der Waals surface area contributed by atoms with Gasteiger partial charge in [0, 0.05) is 98.2 Å². The second-order valence-corrected chi connectivity index (χ2v) is 22.9. The fourth-order valence-corrected chi connectivity index (χ4v) is 11.9. The Balaban J connectivity index is 0.791. The van der Waals surface area contributed by atoms with Gasteiger partial charge in [-0.25, -0.2) is 14.2 Å². The van der Waals surface area contributed by atoms with Gasteiger partial charge < -0.3 is 44.8 Å². The number of hydrogen-bond acceptors (Lipinski definition) is 15. The molecule has 3 aliphatic rings. The van der Waals surface area contributed by atoms with Crippen molar-refractivity contribution < 1.29 is 32.5 Å². The van der Waals surface area contributed by atoms with Gasteiger partial charge >= 0.3 is 5.76 Å². The minimum Gasteiger partial charge on any atom is -0.492 e. The van der Waals surface area contributed by atoms with Crippen molar-refractivity contribution in [3.8, 4) is 5.75 Å². The number of nitrogens with one attached hydrogen (secondary N) is 5. The predicted molar refractivity (Wildman–Crippen MR) is 282 cm³/mol. The Hall–Kier alpha value is -6.37. The van der Waals surface area contributed by atoms with Crippen LogP contribution in [0.1, 0.15) is 70.2 Å². The number of nitrogens with zero attached hydrogens (tertiary/aromatic N) is 6. The molecule has 0 spiro atoms. The van der Waals surface area contributed by atoms with Gasteiger partial charge in [-0.2, -0.15) is 4.98 Å². The quantitative estimate of drug-likeness (QED) is 0.0345. The number of ether oxygens (including phenoxy) is 1. The number of fused-ring (bicyclic) bond motifs is 2. The lowest BCUT2D eigenvalue weighted by Crippen LogP contribution is -2.45. The number of benzene rings is 3. The molecule has 0 radical (unpaired) electrons. The lowest BCUT2D eigenvalue weighted by atomic mass is 10.0. The van der Waals surface area contributed by atoms with Gasteiger partial charge in [0.2, 0.25) is 23.7 Å². The molecule has 0 saturated carbocycles. The summed E-state index contributed by atoms with van der Waals surface area (Å²) in [7, 11) is -2.77. The fraction of sp³-hybridized carbons (Fsp3) is 0.431. The molecule has 3 aliphatic heterocycles. The van der Waals surface area contributed by atoms with Gasteiger partial charge in [0.15, 0.2) is 5.58 Å². The molecule has 6 aromatic rings. The summed E-state index contributed by atoms with van der Waals surface area (Å²) in [4.78, 5) is 69.1. The zero-order valence-corrected chi connectivity index (χ0v) is 43.6. The fourth-order valence-electron chi connectivity index (χ4n) is 10.1. The van der Waals surface area contributed by atoms with Crippen molar-refractivity contribution >= 4 is 103 Å². The normalized spacial score (nSPS) is 17.7. The molecule has 3 fully saturated rings. The van der Waals surface area contributed by atoms with Crippen molar-refractivity contribution in [3.63, 3.8) is 0 Å². The highest BCUT2D eigenvalue weighted by atomic mass is 79.9. The number of carbonyl (C=O) groups is 3. The number of pyridine rings is 1. The average Bonchev–Trinajstić information content (AvgIpc) is 3.98. The number of carbonyl (C=O) groups excluding carboxylic acids is 3. The topological polar surface area (TPSA) is 218 Å². The molecule has 1 unspecified atom stereocenters. The second kappa shape index (κ2) is 21.4. The van der Waals surface area contributed by atoms with E-state index in [0.717, 1.165) is 82.9 Å². The highest BCUT2D eigenvalue weighted by Crippen LogP contribution is 2.43. The molecular weight excluding hydrogens is 1010 g/mol. The van der Waals surface area contributed by atoms with E-state index in [1.807, 2.05) is 36.1 Å². The lowest BCUT2D eigenvalue weighted by Gasteiger charge is -2.35. The first-order chi connectivity index (χ1) is 34.6. The Bertz CT molecular complexity index is 3170. The molecular formula is C51H60BrFN11O7P. The van der Waals surface area contributed by atoms with E-state index in [9.17, 15) is 23.7 Å². The van der Waals surface area contributed by atoms with Gasteiger partial charge in [-0.1, -0.05) is 19.9 Å². The van der Waals surface area contributed by atoms with Gasteiger partial charge in [0.05, 0.1) is 45.1 Å². The standard InChI is InChI=1S/C51H60BrFN11O7P/c1-6-29-23-38(59-50-56-27-35(52)47(61-50)58-37-12-11-36-34(46(37)72(4,5)69)10-9-32(7-2)57-36)43(70-8-3)26-40(29)62-21-16-33(17-22-62)54-18-19-55-48(66)30-15-20-63(28-30)41-24-31(53)25-42-45(41)71-51(68)64(42)39-13-14-44(65)60-49(39)67/h9-12,23-27,30,33,39,54H,6-8,13-22,28H2,1-5H3,(H,55,66)(H,60,65,67)(H2,56,58,59,61)/t30-,39?/m1/s1. The van der Waals surface area contributed by atoms with Crippen LogP contribution in [-0.4, -0.2) is 102 Å². The molecule has 3 aromatic heterocycles. The number of amides is 3. The third kappa shape index (κ3) is 10.7. The summed E-state index contributed by atoms with van der Waals surface area (Å²) in [5.41, 5.74) is 6.07. The molecule has 2 atom stereocenters. The molecule has 3 amide bonds. The summed E-state index contributed by atoms with van der Waals surface area (Å²) >= 11 is 3.62. The first-order valence-electron chi connectivity index (χ1n) is 24.7. The van der Waals surface area contributed by atoms with Crippen LogP contribution in [0.15, 0.2) is 68.4 Å². The molecule has 6 heterocycles. The first-order valence-corrected chi connectivity index (χ1v) is 28.0. The van der Waals surface area contributed by atoms with Crippen molar-refractivity contribution in [1.82, 2.24) is 35.5 Å². The summed E-state index contributed by atoms with van der Waals surface area (Å²) in [5.74, 6) is -1.41. The van der Waals surface area contributed by atoms with Crippen molar-refractivity contribution in [1.29, 1.82) is 0 Å². The van der Waals surface area contributed by atoms with Gasteiger partial charge in [0.1, 0.15) is 30.6 Å². The van der Waals surface area contributed by atoms with Crippen molar-refractivity contribution in [2.24, 2.45) is 5.92 Å². The number of imide groups is 1. The highest BCUT2D eigenvalue weighted by molar-refractivity contribution is 9.10. The maximum atomic E-state index is 15.0. The summed E-state index contributed by atoms with van der Waals surface area (Å²) in [6.07, 6.45) is 5.77. The maximum Gasteiger partial charge on any atom is 0.420 e. The molecule has 380 valence electrons. The van der Waals surface area contributed by atoms with Crippen LogP contribution in [0.4, 0.5) is 38.9 Å². The zero-order chi connectivity index (χ0) is 50.8. The number of rotatable bonds is 17. The summed E-state index contributed by atoms with van der Waals surface area (Å²) in [6.45, 7) is 13.6. The molecule has 0 aliphatic carbocycles. The summed E-state index contributed by atoms with van der Waals surface area (Å²) in [5, 5.41) is 17.3. The van der Waals surface area contributed by atoms with Crippen LogP contribution < -0.4 is 52.2 Å². The van der Waals surface area contributed by atoms with Crippen LogP contribution in [0, 0.1) is 11.7 Å². The molecule has 21 heteroatoms. The second-order valence-electron chi connectivity index (χ2n) is 18.9. The molecule has 72 heavy (non-hydrogen) atoms. The van der Waals surface area contributed by atoms with Gasteiger partial charge in [-0.3, -0.25) is 29.3 Å². The van der Waals surface area contributed by atoms with Gasteiger partial charge in [-0.05, 0) is 105 Å². The Labute approximate surface area is 424 Å². The predicted octanol–water partition coefficient (Wildman–Crippen LogP) is 7.27. The van der Waals surface area contributed by atoms with Gasteiger partial charge in [0.25, 0.3) is 0 Å². The van der Waals surface area contributed by atoms with E-state index in [-0.39, 0.29) is 41.8 Å². The Kier molecular flexibility index (Phi) is 15.0. The van der Waals surface area contributed by atoms with E-state index in [1.165, 1.54) is 6.07 Å². The maximum absolute atomic E-state index is 15.0. The molecule has 9 rings (SSSR count). The molecule has 5 N–H and O–H groups in total. The third-order valence-electron chi connectivity index (χ3n) is 13.7. The number of hydrogen-bond donors (Lipinski definition) is 5. The SMILES string of the molecule is CCOc1cc(N2CCC(NCCNC(=O)[C@@H]3CCN(c4cc(F)cc5c4oc(=O)n5C4CCC(=O)NC4=O)C3)CC2)c(CC)cc1Nc1ncc(Br)c(Nc2ccc3nc(CC)ccc3c2P(C)(C)=O)n1. The van der Waals surface area contributed by atoms with Crippen molar-refractivity contribution in [3.05, 3.63) is 86.8 Å². The number of piperidine rings is 2. The van der Waals surface area contributed by atoms with E-state index in [2.05, 4.69) is 78.4 Å². The number of anilines is 6. The lowest BCUT2D eigenvalue weighted by molar-refractivity contribution is -0.135. The Morgan fingerprint density at radius 2 is 1.71 bits per heavy atom. The summed E-state index contributed by atoms with van der Waals surface area (Å²) in [6, 6.07) is 13.7. The highest BCUT2D eigenvalue weighted by Gasteiger charge is 2.35. The first kappa shape index (κ1) is 50.6. The zero-order valence-electron chi connectivity index (χ0n) is 41.1. The average molecular weight is 1070 g/mol. The minimum atomic E-state index is -2.77. The third-order valence-corrected chi connectivity index (χ3v) is 15.8. The van der Waals surface area contributed by atoms with E-state index in [0.29, 0.717) is 77.9 Å². The monoisotopic (exact) mass is 1070 g/mol. The number of oxazole rings is 1. The molecule has 0 bridgehead atoms. The van der Waals surface area contributed by atoms with Crippen LogP contribution >= 0.6 is 23.1 Å². The summed E-state index contributed by atoms with van der Waals surface area (Å²) < 4.78 is 42.3. The number of aryl methyl sites for hydroxylation is 2.